The van der Waals surface area contributed by atoms with Gasteiger partial charge >= 0.3 is 0 Å². The maximum atomic E-state index is 13.2. The van der Waals surface area contributed by atoms with Crippen LogP contribution >= 0.6 is 0 Å². The molecule has 1 N–H and O–H groups in total. The van der Waals surface area contributed by atoms with Crippen LogP contribution in [0.15, 0.2) is 18.2 Å². The lowest BCUT2D eigenvalue weighted by Crippen LogP contribution is -2.44. The van der Waals surface area contributed by atoms with Crippen LogP contribution in [0.5, 0.6) is 5.75 Å². The van der Waals surface area contributed by atoms with E-state index in [2.05, 4.69) is 24.2 Å². The molecule has 1 aromatic rings. The van der Waals surface area contributed by atoms with E-state index < -0.39 is 0 Å². The van der Waals surface area contributed by atoms with E-state index in [1.165, 1.54) is 32.0 Å². The number of halogens is 1. The number of nitrogens with zero attached hydrogens (tertiary/aromatic N) is 1. The molecule has 2 aliphatic heterocycles. The van der Waals surface area contributed by atoms with Crippen LogP contribution in [0.25, 0.3) is 0 Å². The second-order valence-corrected chi connectivity index (χ2v) is 6.94. The molecular weight excluding hydrogens is 267 g/mol. The summed E-state index contributed by atoms with van der Waals surface area (Å²) in [6.07, 6.45) is 3.43. The molecule has 116 valence electrons. The van der Waals surface area contributed by atoms with Crippen LogP contribution in [0.4, 0.5) is 4.39 Å². The number of rotatable bonds is 4. The lowest BCUT2D eigenvalue weighted by Gasteiger charge is -2.38. The van der Waals surface area contributed by atoms with Crippen LogP contribution < -0.4 is 10.1 Å². The van der Waals surface area contributed by atoms with Crippen molar-refractivity contribution in [2.75, 3.05) is 33.2 Å². The van der Waals surface area contributed by atoms with Crippen LogP contribution in [0.1, 0.15) is 25.3 Å². The van der Waals surface area contributed by atoms with Crippen molar-refractivity contribution in [2.45, 2.75) is 32.3 Å². The Morgan fingerprint density at radius 3 is 2.90 bits per heavy atom. The van der Waals surface area contributed by atoms with E-state index in [0.29, 0.717) is 5.41 Å². The Bertz CT molecular complexity index is 498. The van der Waals surface area contributed by atoms with Crippen molar-refractivity contribution in [3.8, 4) is 5.75 Å². The molecule has 0 radical (unpaired) electrons. The van der Waals surface area contributed by atoms with Crippen LogP contribution in [0.3, 0.4) is 0 Å². The summed E-state index contributed by atoms with van der Waals surface area (Å²) in [6, 6.07) is 4.80. The fourth-order valence-corrected chi connectivity index (χ4v) is 3.27. The van der Waals surface area contributed by atoms with E-state index in [9.17, 15) is 4.39 Å². The number of piperidine rings is 1. The van der Waals surface area contributed by atoms with Gasteiger partial charge in [-0.25, -0.2) is 4.39 Å². The molecule has 1 unspecified atom stereocenters. The Kier molecular flexibility index (Phi) is 4.18. The summed E-state index contributed by atoms with van der Waals surface area (Å²) < 4.78 is 19.1. The molecule has 3 rings (SSSR count). The fourth-order valence-electron chi connectivity index (χ4n) is 3.27. The van der Waals surface area contributed by atoms with Gasteiger partial charge in [0, 0.05) is 25.1 Å². The molecule has 0 spiro atoms. The highest BCUT2D eigenvalue weighted by Crippen LogP contribution is 2.31. The molecule has 3 nitrogen and oxygen atoms in total. The summed E-state index contributed by atoms with van der Waals surface area (Å²) in [5.74, 6) is 0.665. The number of fused-ring (bicyclic) bond motifs is 1. The summed E-state index contributed by atoms with van der Waals surface area (Å²) in [5.41, 5.74) is 1.39. The minimum absolute atomic E-state index is 0.136. The van der Waals surface area contributed by atoms with E-state index in [0.717, 1.165) is 30.8 Å². The Hall–Kier alpha value is -1.13. The lowest BCUT2D eigenvalue weighted by molar-refractivity contribution is 0.131. The fraction of sp³-hybridized carbons (Fsp3) is 0.647. The van der Waals surface area contributed by atoms with Gasteiger partial charge in [0.2, 0.25) is 0 Å². The highest BCUT2D eigenvalue weighted by atomic mass is 19.1. The molecule has 0 aliphatic carbocycles. The smallest absolute Gasteiger partial charge is 0.123 e. The third-order valence-electron chi connectivity index (χ3n) is 4.88. The van der Waals surface area contributed by atoms with Crippen LogP contribution in [0.2, 0.25) is 0 Å². The molecule has 1 saturated heterocycles. The minimum Gasteiger partial charge on any atom is -0.488 e. The molecule has 0 saturated carbocycles. The third kappa shape index (κ3) is 3.55. The summed E-state index contributed by atoms with van der Waals surface area (Å²) >= 11 is 0. The Morgan fingerprint density at radius 2 is 2.14 bits per heavy atom. The van der Waals surface area contributed by atoms with E-state index >= 15 is 0 Å². The quantitative estimate of drug-likeness (QED) is 0.922. The molecule has 1 fully saturated rings. The van der Waals surface area contributed by atoms with Crippen LogP contribution in [-0.2, 0) is 6.42 Å². The van der Waals surface area contributed by atoms with Crippen molar-refractivity contribution in [3.05, 3.63) is 29.6 Å². The topological polar surface area (TPSA) is 24.5 Å². The number of benzene rings is 1. The van der Waals surface area contributed by atoms with Crippen molar-refractivity contribution in [3.63, 3.8) is 0 Å². The highest BCUT2D eigenvalue weighted by molar-refractivity contribution is 5.37. The molecule has 21 heavy (non-hydrogen) atoms. The third-order valence-corrected chi connectivity index (χ3v) is 4.88. The predicted octanol–water partition coefficient (Wildman–Crippen LogP) is 2.45. The normalized spacial score (nSPS) is 24.6. The van der Waals surface area contributed by atoms with Gasteiger partial charge in [0.15, 0.2) is 0 Å². The zero-order chi connectivity index (χ0) is 14.9. The molecule has 1 atom stereocenters. The van der Waals surface area contributed by atoms with Crippen molar-refractivity contribution in [1.82, 2.24) is 10.2 Å². The molecule has 0 aromatic heterocycles. The van der Waals surface area contributed by atoms with E-state index in [-0.39, 0.29) is 11.9 Å². The minimum atomic E-state index is -0.176. The molecule has 1 aromatic carbocycles. The summed E-state index contributed by atoms with van der Waals surface area (Å²) in [4.78, 5) is 2.40. The average molecular weight is 292 g/mol. The van der Waals surface area contributed by atoms with Crippen LogP contribution in [0, 0.1) is 11.2 Å². The average Bonchev–Trinajstić information content (AvgIpc) is 2.84. The zero-order valence-corrected chi connectivity index (χ0v) is 13.0. The zero-order valence-electron chi connectivity index (χ0n) is 13.0. The molecule has 0 amide bonds. The summed E-state index contributed by atoms with van der Waals surface area (Å²) in [7, 11) is 2.19. The first-order chi connectivity index (χ1) is 10.0. The van der Waals surface area contributed by atoms with Crippen molar-refractivity contribution < 1.29 is 9.13 Å². The van der Waals surface area contributed by atoms with Crippen molar-refractivity contribution in [2.24, 2.45) is 5.41 Å². The Labute approximate surface area is 126 Å². The van der Waals surface area contributed by atoms with Gasteiger partial charge in [-0.1, -0.05) is 6.92 Å². The molecule has 4 heteroatoms. The first-order valence-electron chi connectivity index (χ1n) is 7.88. The SMILES string of the molecule is CN1CCC(C)(CNCC2Cc3cc(F)ccc3O2)CC1. The molecular formula is C17H25FN2O. The first kappa shape index (κ1) is 14.8. The number of hydrogen-bond donors (Lipinski definition) is 1. The number of nitrogens with one attached hydrogen (secondary N) is 1. The summed E-state index contributed by atoms with van der Waals surface area (Å²) in [6.45, 7) is 6.60. The van der Waals surface area contributed by atoms with Gasteiger partial charge < -0.3 is 15.0 Å². The van der Waals surface area contributed by atoms with Crippen LogP contribution in [-0.4, -0.2) is 44.2 Å². The number of hydrogen-bond acceptors (Lipinski definition) is 3. The van der Waals surface area contributed by atoms with Gasteiger partial charge in [-0.15, -0.1) is 0 Å². The molecule has 0 bridgehead atoms. The van der Waals surface area contributed by atoms with E-state index in [4.69, 9.17) is 4.74 Å². The maximum absolute atomic E-state index is 13.2. The van der Waals surface area contributed by atoms with Crippen molar-refractivity contribution >= 4 is 0 Å². The molecule has 2 heterocycles. The van der Waals surface area contributed by atoms with E-state index in [1.807, 2.05) is 0 Å². The maximum Gasteiger partial charge on any atom is 0.123 e. The second-order valence-electron chi connectivity index (χ2n) is 6.94. The van der Waals surface area contributed by atoms with Gasteiger partial charge in [0.05, 0.1) is 0 Å². The van der Waals surface area contributed by atoms with Gasteiger partial charge in [-0.2, -0.15) is 0 Å². The predicted molar refractivity (Wildman–Crippen MR) is 82.2 cm³/mol. The Morgan fingerprint density at radius 1 is 1.38 bits per heavy atom. The second kappa shape index (κ2) is 5.93. The monoisotopic (exact) mass is 292 g/mol. The largest absolute Gasteiger partial charge is 0.488 e. The Balaban J connectivity index is 1.45. The van der Waals surface area contributed by atoms with Gasteiger partial charge in [0.1, 0.15) is 17.7 Å². The lowest BCUT2D eigenvalue weighted by atomic mass is 9.80. The summed E-state index contributed by atoms with van der Waals surface area (Å²) in [5, 5.41) is 3.56. The number of ether oxygens (including phenoxy) is 1. The van der Waals surface area contributed by atoms with Gasteiger partial charge in [-0.3, -0.25) is 0 Å². The van der Waals surface area contributed by atoms with Gasteiger partial charge in [-0.05, 0) is 56.6 Å². The molecule has 2 aliphatic rings. The number of likely N-dealkylation sites (tertiary alicyclic amines) is 1. The van der Waals surface area contributed by atoms with Gasteiger partial charge in [0.25, 0.3) is 0 Å². The standard InChI is InChI=1S/C17H25FN2O/c1-17(5-7-20(2)8-6-17)12-19-11-15-10-13-9-14(18)3-4-16(13)21-15/h3-4,9,15,19H,5-8,10-12H2,1-2H3. The highest BCUT2D eigenvalue weighted by Gasteiger charge is 2.29. The van der Waals surface area contributed by atoms with E-state index in [1.54, 1.807) is 12.1 Å². The first-order valence-corrected chi connectivity index (χ1v) is 7.88. The van der Waals surface area contributed by atoms with Crippen molar-refractivity contribution in [1.29, 1.82) is 0 Å².